The van der Waals surface area contributed by atoms with Crippen LogP contribution in [0.3, 0.4) is 0 Å². The molecule has 3 fully saturated rings. The fraction of sp³-hybridized carbons (Fsp3) is 0.375. The fourth-order valence-electron chi connectivity index (χ4n) is 8.74. The molecule has 0 spiro atoms. The van der Waals surface area contributed by atoms with Crippen molar-refractivity contribution in [3.05, 3.63) is 119 Å². The van der Waals surface area contributed by atoms with Crippen LogP contribution in [-0.4, -0.2) is 12.7 Å². The van der Waals surface area contributed by atoms with Crippen molar-refractivity contribution in [2.24, 2.45) is 29.6 Å². The Kier molecular flexibility index (Phi) is 4.00. The summed E-state index contributed by atoms with van der Waals surface area (Å²) < 4.78 is 13.9. The molecule has 0 radical (unpaired) electrons. The molecular weight excluding hydrogens is 416 g/mol. The predicted octanol–water partition coefficient (Wildman–Crippen LogP) is 6.45. The lowest BCUT2D eigenvalue weighted by Gasteiger charge is -2.42. The van der Waals surface area contributed by atoms with Gasteiger partial charge < -0.3 is 9.47 Å². The molecule has 2 nitrogen and oxygen atoms in total. The van der Waals surface area contributed by atoms with Crippen molar-refractivity contribution in [3.63, 3.8) is 0 Å². The van der Waals surface area contributed by atoms with Crippen molar-refractivity contribution in [1.29, 1.82) is 0 Å². The van der Waals surface area contributed by atoms with E-state index in [0.717, 1.165) is 6.61 Å². The van der Waals surface area contributed by atoms with E-state index in [9.17, 15) is 0 Å². The summed E-state index contributed by atoms with van der Waals surface area (Å²) in [5, 5.41) is 0. The first kappa shape index (κ1) is 19.6. The molecule has 170 valence electrons. The molecule has 8 atom stereocenters. The van der Waals surface area contributed by atoms with E-state index in [0.29, 0.717) is 35.7 Å². The van der Waals surface area contributed by atoms with Crippen LogP contribution in [0.4, 0.5) is 0 Å². The molecule has 2 aliphatic carbocycles. The second-order valence-corrected chi connectivity index (χ2v) is 11.0. The van der Waals surface area contributed by atoms with E-state index in [-0.39, 0.29) is 0 Å². The maximum absolute atomic E-state index is 7.63. The SMILES string of the molecule is C1=C[C@@H]2C[C@H]([C@@H]1[C@@H]1CCCO1)[C@@H]1[C@H]2[C@]2(c3ccccc3)O[C@@]1(c1ccccc1)c1ccccc12. The van der Waals surface area contributed by atoms with E-state index in [4.69, 9.17) is 9.47 Å². The highest BCUT2D eigenvalue weighted by Crippen LogP contribution is 2.76. The molecule has 8 rings (SSSR count). The summed E-state index contributed by atoms with van der Waals surface area (Å²) in [7, 11) is 0. The summed E-state index contributed by atoms with van der Waals surface area (Å²) in [5.74, 6) is 2.45. The van der Waals surface area contributed by atoms with E-state index in [2.05, 4.69) is 97.1 Å². The van der Waals surface area contributed by atoms with Crippen molar-refractivity contribution in [2.75, 3.05) is 6.61 Å². The zero-order valence-corrected chi connectivity index (χ0v) is 19.3. The van der Waals surface area contributed by atoms with Crippen LogP contribution in [0, 0.1) is 29.6 Å². The number of rotatable bonds is 3. The predicted molar refractivity (Wildman–Crippen MR) is 132 cm³/mol. The van der Waals surface area contributed by atoms with Gasteiger partial charge in [0.05, 0.1) is 6.10 Å². The molecule has 3 aliphatic heterocycles. The normalized spacial score (nSPS) is 40.9. The third-order valence-electron chi connectivity index (χ3n) is 9.72. The van der Waals surface area contributed by atoms with E-state index < -0.39 is 11.2 Å². The second kappa shape index (κ2) is 6.93. The second-order valence-electron chi connectivity index (χ2n) is 11.0. The van der Waals surface area contributed by atoms with Crippen LogP contribution in [0.1, 0.15) is 41.5 Å². The molecule has 0 amide bonds. The summed E-state index contributed by atoms with van der Waals surface area (Å²) in [6, 6.07) is 31.3. The third kappa shape index (κ3) is 2.25. The van der Waals surface area contributed by atoms with Gasteiger partial charge in [-0.2, -0.15) is 0 Å². The summed E-state index contributed by atoms with van der Waals surface area (Å²) in [5.41, 5.74) is 4.55. The topological polar surface area (TPSA) is 18.5 Å². The molecule has 0 aromatic heterocycles. The minimum absolute atomic E-state index is 0.357. The maximum atomic E-state index is 7.63. The van der Waals surface area contributed by atoms with Gasteiger partial charge in [0, 0.05) is 24.4 Å². The lowest BCUT2D eigenvalue weighted by Crippen LogP contribution is -2.43. The molecule has 3 aromatic carbocycles. The molecule has 34 heavy (non-hydrogen) atoms. The van der Waals surface area contributed by atoms with Gasteiger partial charge >= 0.3 is 0 Å². The van der Waals surface area contributed by atoms with Crippen molar-refractivity contribution < 1.29 is 9.47 Å². The van der Waals surface area contributed by atoms with Crippen molar-refractivity contribution in [1.82, 2.24) is 0 Å². The molecule has 0 unspecified atom stereocenters. The Labute approximate surface area is 201 Å². The van der Waals surface area contributed by atoms with E-state index in [1.807, 2.05) is 0 Å². The van der Waals surface area contributed by atoms with Crippen LogP contribution in [0.5, 0.6) is 0 Å². The summed E-state index contributed by atoms with van der Waals surface area (Å²) >= 11 is 0. The van der Waals surface area contributed by atoms with E-state index in [1.165, 1.54) is 41.5 Å². The Balaban J connectivity index is 1.41. The van der Waals surface area contributed by atoms with Gasteiger partial charge in [-0.15, -0.1) is 0 Å². The average Bonchev–Trinajstić information content (AvgIpc) is 3.67. The first-order chi connectivity index (χ1) is 16.8. The molecule has 1 saturated carbocycles. The molecular formula is C32H30O2. The van der Waals surface area contributed by atoms with Gasteiger partial charge in [-0.1, -0.05) is 97.1 Å². The van der Waals surface area contributed by atoms with Gasteiger partial charge in [0.2, 0.25) is 0 Å². The smallest absolute Gasteiger partial charge is 0.124 e. The first-order valence-corrected chi connectivity index (χ1v) is 13.1. The third-order valence-corrected chi connectivity index (χ3v) is 9.72. The van der Waals surface area contributed by atoms with Crippen LogP contribution >= 0.6 is 0 Å². The summed E-state index contributed by atoms with van der Waals surface area (Å²) in [6.45, 7) is 0.913. The van der Waals surface area contributed by atoms with Crippen molar-refractivity contribution in [3.8, 4) is 0 Å². The molecule has 3 heterocycles. The monoisotopic (exact) mass is 446 g/mol. The van der Waals surface area contributed by atoms with Gasteiger partial charge in [-0.3, -0.25) is 0 Å². The number of hydrogen-bond donors (Lipinski definition) is 0. The highest BCUT2D eigenvalue weighted by Gasteiger charge is 2.76. The van der Waals surface area contributed by atoms with Crippen LogP contribution in [0.25, 0.3) is 0 Å². The Morgan fingerprint density at radius 1 is 0.676 bits per heavy atom. The van der Waals surface area contributed by atoms with Gasteiger partial charge in [0.15, 0.2) is 0 Å². The Bertz CT molecular complexity index is 1260. The first-order valence-electron chi connectivity index (χ1n) is 13.1. The molecule has 5 aliphatic rings. The largest absolute Gasteiger partial charge is 0.378 e. The van der Waals surface area contributed by atoms with Gasteiger partial charge in [-0.25, -0.2) is 0 Å². The van der Waals surface area contributed by atoms with Gasteiger partial charge in [0.1, 0.15) is 11.2 Å². The number of benzene rings is 3. The number of hydrogen-bond acceptors (Lipinski definition) is 2. The van der Waals surface area contributed by atoms with Crippen molar-refractivity contribution in [2.45, 2.75) is 36.6 Å². The zero-order valence-electron chi connectivity index (χ0n) is 19.3. The Hall–Kier alpha value is -2.68. The van der Waals surface area contributed by atoms with Crippen LogP contribution in [0.15, 0.2) is 97.1 Å². The minimum Gasteiger partial charge on any atom is -0.378 e. The van der Waals surface area contributed by atoms with Crippen LogP contribution in [-0.2, 0) is 20.7 Å². The highest BCUT2D eigenvalue weighted by atomic mass is 16.5. The van der Waals surface area contributed by atoms with Crippen LogP contribution < -0.4 is 0 Å². The Morgan fingerprint density at radius 3 is 1.91 bits per heavy atom. The van der Waals surface area contributed by atoms with Crippen LogP contribution in [0.2, 0.25) is 0 Å². The summed E-state index contributed by atoms with van der Waals surface area (Å²) in [4.78, 5) is 0. The van der Waals surface area contributed by atoms with E-state index >= 15 is 0 Å². The van der Waals surface area contributed by atoms with Gasteiger partial charge in [0.25, 0.3) is 0 Å². The Morgan fingerprint density at radius 2 is 1.29 bits per heavy atom. The maximum Gasteiger partial charge on any atom is 0.124 e. The average molecular weight is 447 g/mol. The highest BCUT2D eigenvalue weighted by molar-refractivity contribution is 5.58. The quantitative estimate of drug-likeness (QED) is 0.431. The molecule has 2 saturated heterocycles. The molecule has 4 bridgehead atoms. The lowest BCUT2D eigenvalue weighted by molar-refractivity contribution is -0.0764. The zero-order chi connectivity index (χ0) is 22.3. The molecule has 2 heteroatoms. The number of fused-ring (bicyclic) bond motifs is 12. The van der Waals surface area contributed by atoms with Crippen molar-refractivity contribution >= 4 is 0 Å². The lowest BCUT2D eigenvalue weighted by atomic mass is 9.58. The summed E-state index contributed by atoms with van der Waals surface area (Å²) in [6.07, 6.45) is 9.06. The number of allylic oxidation sites excluding steroid dienone is 1. The fourth-order valence-corrected chi connectivity index (χ4v) is 8.74. The number of ether oxygens (including phenoxy) is 2. The standard InChI is InChI=1S/C32H30O2/c1-3-10-22(11-4-1)31-26-14-7-8-15-27(26)32(34-31,23-12-5-2-6-13-23)30-25-20-21(29(30)31)17-18-24(25)28-16-9-19-33-28/h1-8,10-15,17-18,21,24-25,28-30H,9,16,19-20H2/t21-,24-,25-,28+,29+,30-,31-,32+/m1/s1. The minimum atomic E-state index is -0.416. The molecule has 0 N–H and O–H groups in total. The van der Waals surface area contributed by atoms with Gasteiger partial charge in [-0.05, 0) is 53.4 Å². The van der Waals surface area contributed by atoms with E-state index in [1.54, 1.807) is 0 Å². The molecule has 3 aromatic rings.